The SMILES string of the molecule is COc1ccc(C(N)CN2CC(C)(C)OC(C)(C)C2)cc1. The standard InChI is InChI=1S/C17H28N2O2/c1-16(2)11-19(12-17(3,4)21-16)10-15(18)13-6-8-14(20-5)9-7-13/h6-9,15H,10-12,18H2,1-5H3. The minimum Gasteiger partial charge on any atom is -0.497 e. The van der Waals surface area contributed by atoms with Gasteiger partial charge in [-0.2, -0.15) is 0 Å². The highest BCUT2D eigenvalue weighted by atomic mass is 16.5. The zero-order valence-corrected chi connectivity index (χ0v) is 13.8. The van der Waals surface area contributed by atoms with Crippen LogP contribution in [-0.4, -0.2) is 42.8 Å². The average Bonchev–Trinajstić information content (AvgIpc) is 2.35. The van der Waals surface area contributed by atoms with Crippen molar-refractivity contribution in [1.82, 2.24) is 4.90 Å². The Bertz CT molecular complexity index is 452. The Morgan fingerprint density at radius 1 is 1.14 bits per heavy atom. The first-order valence-electron chi connectivity index (χ1n) is 7.53. The second-order valence-corrected chi connectivity index (χ2v) is 7.17. The maximum Gasteiger partial charge on any atom is 0.118 e. The molecule has 1 aliphatic heterocycles. The molecule has 1 heterocycles. The molecule has 2 N–H and O–H groups in total. The maximum absolute atomic E-state index is 6.37. The van der Waals surface area contributed by atoms with E-state index in [0.717, 1.165) is 30.9 Å². The summed E-state index contributed by atoms with van der Waals surface area (Å²) >= 11 is 0. The molecule has 21 heavy (non-hydrogen) atoms. The number of ether oxygens (including phenoxy) is 2. The van der Waals surface area contributed by atoms with Crippen molar-refractivity contribution in [2.75, 3.05) is 26.7 Å². The van der Waals surface area contributed by atoms with E-state index >= 15 is 0 Å². The molecule has 1 aromatic rings. The first-order chi connectivity index (χ1) is 9.71. The Balaban J connectivity index is 2.02. The molecule has 4 nitrogen and oxygen atoms in total. The second-order valence-electron chi connectivity index (χ2n) is 7.17. The smallest absolute Gasteiger partial charge is 0.118 e. The van der Waals surface area contributed by atoms with E-state index in [1.54, 1.807) is 7.11 Å². The zero-order chi connectivity index (χ0) is 15.7. The molecular formula is C17H28N2O2. The summed E-state index contributed by atoms with van der Waals surface area (Å²) in [6, 6.07) is 8.01. The van der Waals surface area contributed by atoms with Crippen LogP contribution in [-0.2, 0) is 4.74 Å². The average molecular weight is 292 g/mol. The van der Waals surface area contributed by atoms with Crippen LogP contribution in [0.25, 0.3) is 0 Å². The third kappa shape index (κ3) is 4.43. The van der Waals surface area contributed by atoms with Crippen molar-refractivity contribution in [3.8, 4) is 5.75 Å². The van der Waals surface area contributed by atoms with Gasteiger partial charge < -0.3 is 15.2 Å². The molecule has 0 spiro atoms. The molecule has 1 unspecified atom stereocenters. The van der Waals surface area contributed by atoms with E-state index in [-0.39, 0.29) is 17.2 Å². The van der Waals surface area contributed by atoms with Crippen molar-refractivity contribution in [2.24, 2.45) is 5.73 Å². The Labute approximate surface area is 128 Å². The first kappa shape index (κ1) is 16.3. The van der Waals surface area contributed by atoms with Crippen LogP contribution >= 0.6 is 0 Å². The number of methoxy groups -OCH3 is 1. The van der Waals surface area contributed by atoms with Gasteiger partial charge >= 0.3 is 0 Å². The van der Waals surface area contributed by atoms with Crippen molar-refractivity contribution >= 4 is 0 Å². The summed E-state index contributed by atoms with van der Waals surface area (Å²) in [5.74, 6) is 0.861. The summed E-state index contributed by atoms with van der Waals surface area (Å²) < 4.78 is 11.3. The van der Waals surface area contributed by atoms with Crippen LogP contribution in [0.15, 0.2) is 24.3 Å². The van der Waals surface area contributed by atoms with E-state index in [1.807, 2.05) is 24.3 Å². The molecule has 0 amide bonds. The molecular weight excluding hydrogens is 264 g/mol. The molecule has 4 heteroatoms. The van der Waals surface area contributed by atoms with Gasteiger partial charge in [-0.25, -0.2) is 0 Å². The minimum absolute atomic E-state index is 0.000561. The van der Waals surface area contributed by atoms with E-state index in [1.165, 1.54) is 0 Å². The van der Waals surface area contributed by atoms with Gasteiger partial charge in [-0.3, -0.25) is 4.90 Å². The topological polar surface area (TPSA) is 47.7 Å². The Morgan fingerprint density at radius 2 is 1.67 bits per heavy atom. The van der Waals surface area contributed by atoms with Gasteiger partial charge in [-0.1, -0.05) is 12.1 Å². The van der Waals surface area contributed by atoms with Gasteiger partial charge in [0.1, 0.15) is 5.75 Å². The van der Waals surface area contributed by atoms with Gasteiger partial charge in [-0.05, 0) is 45.4 Å². The summed E-state index contributed by atoms with van der Waals surface area (Å²) in [4.78, 5) is 2.40. The second kappa shape index (κ2) is 5.95. The van der Waals surface area contributed by atoms with Crippen molar-refractivity contribution < 1.29 is 9.47 Å². The molecule has 0 saturated carbocycles. The number of nitrogens with zero attached hydrogens (tertiary/aromatic N) is 1. The van der Waals surface area contributed by atoms with Gasteiger partial charge in [0, 0.05) is 25.7 Å². The lowest BCUT2D eigenvalue weighted by Crippen LogP contribution is -2.58. The van der Waals surface area contributed by atoms with Gasteiger partial charge in [0.25, 0.3) is 0 Å². The summed E-state index contributed by atoms with van der Waals surface area (Å²) in [5.41, 5.74) is 7.23. The normalized spacial score (nSPS) is 22.8. The molecule has 1 saturated heterocycles. The zero-order valence-electron chi connectivity index (χ0n) is 13.8. The van der Waals surface area contributed by atoms with Crippen molar-refractivity contribution in [1.29, 1.82) is 0 Å². The number of nitrogens with two attached hydrogens (primary N) is 1. The fourth-order valence-electron chi connectivity index (χ4n) is 3.31. The van der Waals surface area contributed by atoms with Crippen molar-refractivity contribution in [3.63, 3.8) is 0 Å². The van der Waals surface area contributed by atoms with Crippen molar-refractivity contribution in [3.05, 3.63) is 29.8 Å². The van der Waals surface area contributed by atoms with E-state index in [2.05, 4.69) is 32.6 Å². The maximum atomic E-state index is 6.37. The Hall–Kier alpha value is -1.10. The highest BCUT2D eigenvalue weighted by molar-refractivity contribution is 5.29. The number of hydrogen-bond donors (Lipinski definition) is 1. The molecule has 1 fully saturated rings. The van der Waals surface area contributed by atoms with E-state index in [4.69, 9.17) is 15.2 Å². The molecule has 1 aliphatic rings. The highest BCUT2D eigenvalue weighted by Crippen LogP contribution is 2.29. The third-order valence-corrected chi connectivity index (χ3v) is 3.76. The minimum atomic E-state index is -0.138. The fraction of sp³-hybridized carbons (Fsp3) is 0.647. The number of morpholine rings is 1. The van der Waals surface area contributed by atoms with Gasteiger partial charge in [-0.15, -0.1) is 0 Å². The van der Waals surface area contributed by atoms with Crippen LogP contribution in [0.2, 0.25) is 0 Å². The summed E-state index contributed by atoms with van der Waals surface area (Å²) in [5, 5.41) is 0. The number of hydrogen-bond acceptors (Lipinski definition) is 4. The molecule has 0 bridgehead atoms. The number of benzene rings is 1. The Kier molecular flexibility index (Phi) is 4.61. The van der Waals surface area contributed by atoms with E-state index in [9.17, 15) is 0 Å². The number of rotatable bonds is 4. The van der Waals surface area contributed by atoms with Crippen molar-refractivity contribution in [2.45, 2.75) is 44.9 Å². The van der Waals surface area contributed by atoms with Gasteiger partial charge in [0.15, 0.2) is 0 Å². The molecule has 118 valence electrons. The Morgan fingerprint density at radius 3 is 2.14 bits per heavy atom. The summed E-state index contributed by atoms with van der Waals surface area (Å²) in [6.07, 6.45) is 0. The van der Waals surface area contributed by atoms with E-state index in [0.29, 0.717) is 0 Å². The molecule has 0 aromatic heterocycles. The highest BCUT2D eigenvalue weighted by Gasteiger charge is 2.38. The molecule has 2 rings (SSSR count). The first-order valence-corrected chi connectivity index (χ1v) is 7.53. The lowest BCUT2D eigenvalue weighted by Gasteiger charge is -2.47. The van der Waals surface area contributed by atoms with Crippen LogP contribution in [0.4, 0.5) is 0 Å². The predicted octanol–water partition coefficient (Wildman–Crippen LogP) is 2.58. The third-order valence-electron chi connectivity index (χ3n) is 3.76. The molecule has 0 radical (unpaired) electrons. The van der Waals surface area contributed by atoms with Crippen LogP contribution in [0.1, 0.15) is 39.3 Å². The van der Waals surface area contributed by atoms with Crippen LogP contribution in [0, 0.1) is 0 Å². The lowest BCUT2D eigenvalue weighted by atomic mass is 9.97. The molecule has 0 aliphatic carbocycles. The lowest BCUT2D eigenvalue weighted by molar-refractivity contribution is -0.181. The molecule has 1 atom stereocenters. The summed E-state index contributed by atoms with van der Waals surface area (Å²) in [6.45, 7) is 11.2. The quantitative estimate of drug-likeness (QED) is 0.926. The largest absolute Gasteiger partial charge is 0.497 e. The predicted molar refractivity (Wildman–Crippen MR) is 85.6 cm³/mol. The van der Waals surface area contributed by atoms with Crippen LogP contribution in [0.5, 0.6) is 5.75 Å². The fourth-order valence-corrected chi connectivity index (χ4v) is 3.31. The molecule has 1 aromatic carbocycles. The summed E-state index contributed by atoms with van der Waals surface area (Å²) in [7, 11) is 1.67. The van der Waals surface area contributed by atoms with E-state index < -0.39 is 0 Å². The van der Waals surface area contributed by atoms with Gasteiger partial charge in [0.05, 0.1) is 18.3 Å². The van der Waals surface area contributed by atoms with Gasteiger partial charge in [0.2, 0.25) is 0 Å². The van der Waals surface area contributed by atoms with Crippen LogP contribution < -0.4 is 10.5 Å². The van der Waals surface area contributed by atoms with Crippen LogP contribution in [0.3, 0.4) is 0 Å². The monoisotopic (exact) mass is 292 g/mol.